The van der Waals surface area contributed by atoms with E-state index in [0.717, 1.165) is 17.6 Å². The number of aryl methyl sites for hydroxylation is 1. The maximum Gasteiger partial charge on any atom is 0.241 e. The van der Waals surface area contributed by atoms with Gasteiger partial charge in [-0.15, -0.1) is 0 Å². The number of nitrogens with zero attached hydrogens (tertiary/aromatic N) is 4. The molecule has 20 heavy (non-hydrogen) atoms. The van der Waals surface area contributed by atoms with E-state index in [4.69, 9.17) is 10.3 Å². The molecule has 0 saturated carbocycles. The molecule has 0 aliphatic carbocycles. The Morgan fingerprint density at radius 3 is 3.00 bits per heavy atom. The van der Waals surface area contributed by atoms with Gasteiger partial charge in [0.05, 0.1) is 24.3 Å². The summed E-state index contributed by atoms with van der Waals surface area (Å²) >= 11 is 0. The van der Waals surface area contributed by atoms with E-state index < -0.39 is 0 Å². The highest BCUT2D eigenvalue weighted by Gasteiger charge is 2.10. The molecule has 104 valence electrons. The molecule has 5 N–H and O–H groups in total. The molecule has 0 atom stereocenters. The summed E-state index contributed by atoms with van der Waals surface area (Å²) in [7, 11) is 0. The van der Waals surface area contributed by atoms with E-state index >= 15 is 0 Å². The van der Waals surface area contributed by atoms with Crippen molar-refractivity contribution < 1.29 is 4.42 Å². The van der Waals surface area contributed by atoms with Crippen molar-refractivity contribution in [2.75, 3.05) is 10.7 Å². The average molecular weight is 274 g/mol. The topological polar surface area (TPSA) is 131 Å². The lowest BCUT2D eigenvalue weighted by Crippen LogP contribution is -2.12. The first-order chi connectivity index (χ1) is 9.80. The predicted octanol–water partition coefficient (Wildman–Crippen LogP) is 0.801. The second-order valence-corrected chi connectivity index (χ2v) is 4.10. The Labute approximate surface area is 114 Å². The van der Waals surface area contributed by atoms with Gasteiger partial charge in [0.2, 0.25) is 11.8 Å². The Hall–Kier alpha value is -2.68. The Kier molecular flexibility index (Phi) is 3.17. The van der Waals surface area contributed by atoms with Gasteiger partial charge in [-0.25, -0.2) is 10.8 Å². The van der Waals surface area contributed by atoms with Crippen molar-refractivity contribution in [3.8, 4) is 0 Å². The first-order valence-corrected chi connectivity index (χ1v) is 6.15. The molecule has 9 nitrogen and oxygen atoms in total. The van der Waals surface area contributed by atoms with Crippen LogP contribution in [0.5, 0.6) is 0 Å². The van der Waals surface area contributed by atoms with Gasteiger partial charge in [0.15, 0.2) is 5.65 Å². The summed E-state index contributed by atoms with van der Waals surface area (Å²) in [5, 5.41) is 10.6. The van der Waals surface area contributed by atoms with Crippen molar-refractivity contribution >= 4 is 22.8 Å². The van der Waals surface area contributed by atoms with Crippen LogP contribution in [0.4, 0.5) is 11.8 Å². The van der Waals surface area contributed by atoms with Gasteiger partial charge >= 0.3 is 0 Å². The van der Waals surface area contributed by atoms with Gasteiger partial charge in [0.25, 0.3) is 0 Å². The molecule has 3 rings (SSSR count). The molecule has 0 aromatic carbocycles. The van der Waals surface area contributed by atoms with Gasteiger partial charge < -0.3 is 9.73 Å². The normalized spacial score (nSPS) is 10.9. The van der Waals surface area contributed by atoms with E-state index in [1.54, 1.807) is 12.4 Å². The smallest absolute Gasteiger partial charge is 0.241 e. The second-order valence-electron chi connectivity index (χ2n) is 4.10. The first-order valence-electron chi connectivity index (χ1n) is 6.15. The Bertz CT molecular complexity index is 718. The largest absolute Gasteiger partial charge is 0.444 e. The number of nitrogens with one attached hydrogen (secondary N) is 3. The van der Waals surface area contributed by atoms with Crippen molar-refractivity contribution in [1.82, 2.24) is 25.1 Å². The summed E-state index contributed by atoms with van der Waals surface area (Å²) in [4.78, 5) is 12.6. The molecular weight excluding hydrogens is 260 g/mol. The van der Waals surface area contributed by atoms with Crippen LogP contribution in [0.2, 0.25) is 0 Å². The quantitative estimate of drug-likeness (QED) is 0.397. The molecule has 0 aliphatic rings. The lowest BCUT2D eigenvalue weighted by Gasteiger charge is -2.06. The molecule has 3 aromatic rings. The zero-order chi connectivity index (χ0) is 13.9. The van der Waals surface area contributed by atoms with E-state index in [2.05, 4.69) is 35.9 Å². The van der Waals surface area contributed by atoms with Crippen LogP contribution in [0, 0.1) is 0 Å². The van der Waals surface area contributed by atoms with E-state index in [1.807, 2.05) is 6.92 Å². The number of nitrogen functional groups attached to an aromatic ring is 1. The van der Waals surface area contributed by atoms with Gasteiger partial charge in [0.1, 0.15) is 11.6 Å². The minimum absolute atomic E-state index is 0.297. The van der Waals surface area contributed by atoms with E-state index in [-0.39, 0.29) is 0 Å². The van der Waals surface area contributed by atoms with Gasteiger partial charge in [-0.3, -0.25) is 10.5 Å². The maximum atomic E-state index is 5.52. The molecule has 0 aliphatic heterocycles. The van der Waals surface area contributed by atoms with E-state index in [9.17, 15) is 0 Å². The van der Waals surface area contributed by atoms with E-state index in [0.29, 0.717) is 29.8 Å². The third kappa shape index (κ3) is 2.26. The van der Waals surface area contributed by atoms with Gasteiger partial charge in [0, 0.05) is 6.42 Å². The summed E-state index contributed by atoms with van der Waals surface area (Å²) in [6.07, 6.45) is 4.18. The lowest BCUT2D eigenvalue weighted by molar-refractivity contribution is 0.465. The number of nitrogens with two attached hydrogens (primary N) is 1. The summed E-state index contributed by atoms with van der Waals surface area (Å²) in [6.45, 7) is 2.43. The maximum absolute atomic E-state index is 5.52. The minimum Gasteiger partial charge on any atom is -0.444 e. The molecular formula is C11H14N8O. The van der Waals surface area contributed by atoms with Crippen molar-refractivity contribution in [1.29, 1.82) is 0 Å². The van der Waals surface area contributed by atoms with Gasteiger partial charge in [-0.1, -0.05) is 6.92 Å². The number of aromatic nitrogens is 5. The van der Waals surface area contributed by atoms with Crippen LogP contribution < -0.4 is 16.6 Å². The first kappa shape index (κ1) is 12.4. The van der Waals surface area contributed by atoms with Crippen LogP contribution in [-0.4, -0.2) is 25.1 Å². The molecule has 0 bridgehead atoms. The van der Waals surface area contributed by atoms with Crippen LogP contribution in [0.15, 0.2) is 16.8 Å². The molecule has 0 spiro atoms. The summed E-state index contributed by atoms with van der Waals surface area (Å²) in [6, 6.07) is 0. The summed E-state index contributed by atoms with van der Waals surface area (Å²) in [5.41, 5.74) is 3.01. The van der Waals surface area contributed by atoms with Crippen LogP contribution in [0.25, 0.3) is 11.0 Å². The van der Waals surface area contributed by atoms with Crippen LogP contribution in [0.3, 0.4) is 0 Å². The number of oxazole rings is 1. The van der Waals surface area contributed by atoms with Crippen LogP contribution >= 0.6 is 0 Å². The van der Waals surface area contributed by atoms with Crippen LogP contribution in [-0.2, 0) is 13.0 Å². The summed E-state index contributed by atoms with van der Waals surface area (Å²) in [5.74, 6) is 7.69. The highest BCUT2D eigenvalue weighted by molar-refractivity contribution is 5.86. The molecule has 0 radical (unpaired) electrons. The van der Waals surface area contributed by atoms with Crippen molar-refractivity contribution in [2.45, 2.75) is 19.9 Å². The number of anilines is 2. The summed E-state index contributed by atoms with van der Waals surface area (Å²) < 4.78 is 5.52. The molecule has 0 fully saturated rings. The lowest BCUT2D eigenvalue weighted by atomic mass is 10.4. The fourth-order valence-corrected chi connectivity index (χ4v) is 1.79. The number of aromatic amines is 1. The molecule has 0 amide bonds. The molecule has 3 aromatic heterocycles. The monoisotopic (exact) mass is 274 g/mol. The SMILES string of the molecule is CCc1cnc(CNc2nc(NN)nc3[nH]ncc23)o1. The number of fused-ring (bicyclic) bond motifs is 1. The standard InChI is InChI=1S/C11H14N8O/c1-2-6-3-13-8(20-6)5-14-9-7-4-15-19-10(7)17-11(16-9)18-12/h3-4H,2,5,12H2,1H3,(H3,14,15,16,17,18,19). The molecule has 3 heterocycles. The fourth-order valence-electron chi connectivity index (χ4n) is 1.79. The molecule has 0 saturated heterocycles. The van der Waals surface area contributed by atoms with Gasteiger partial charge in [-0.05, 0) is 0 Å². The fraction of sp³-hybridized carbons (Fsp3) is 0.273. The third-order valence-electron chi connectivity index (χ3n) is 2.80. The number of hydrogen-bond donors (Lipinski definition) is 4. The molecule has 9 heteroatoms. The Morgan fingerprint density at radius 2 is 2.25 bits per heavy atom. The second kappa shape index (κ2) is 5.13. The Balaban J connectivity index is 1.84. The number of rotatable bonds is 5. The Morgan fingerprint density at radius 1 is 1.35 bits per heavy atom. The highest BCUT2D eigenvalue weighted by atomic mass is 16.4. The van der Waals surface area contributed by atoms with E-state index in [1.165, 1.54) is 0 Å². The zero-order valence-electron chi connectivity index (χ0n) is 10.8. The highest BCUT2D eigenvalue weighted by Crippen LogP contribution is 2.20. The number of H-pyrrole nitrogens is 1. The molecule has 0 unspecified atom stereocenters. The van der Waals surface area contributed by atoms with Crippen molar-refractivity contribution in [2.24, 2.45) is 5.84 Å². The van der Waals surface area contributed by atoms with Gasteiger partial charge in [-0.2, -0.15) is 15.1 Å². The van der Waals surface area contributed by atoms with Crippen molar-refractivity contribution in [3.63, 3.8) is 0 Å². The zero-order valence-corrected chi connectivity index (χ0v) is 10.8. The number of hydrazine groups is 1. The predicted molar refractivity (Wildman–Crippen MR) is 72.7 cm³/mol. The van der Waals surface area contributed by atoms with Crippen molar-refractivity contribution in [3.05, 3.63) is 24.0 Å². The average Bonchev–Trinajstić information content (AvgIpc) is 3.12. The third-order valence-corrected chi connectivity index (χ3v) is 2.80. The van der Waals surface area contributed by atoms with Crippen LogP contribution in [0.1, 0.15) is 18.6 Å². The number of hydrogen-bond acceptors (Lipinski definition) is 8. The minimum atomic E-state index is 0.297.